The summed E-state index contributed by atoms with van der Waals surface area (Å²) in [4.78, 5) is 14.4. The molecular weight excluding hydrogens is 190 g/mol. The zero-order valence-corrected chi connectivity index (χ0v) is 9.16. The van der Waals surface area contributed by atoms with Crippen LogP contribution in [-0.2, 0) is 4.79 Å². The fourth-order valence-corrected chi connectivity index (χ4v) is 1.58. The van der Waals surface area contributed by atoms with E-state index in [-0.39, 0.29) is 5.78 Å². The molecule has 0 aromatic heterocycles. The second-order valence-corrected chi connectivity index (χ2v) is 3.88. The van der Waals surface area contributed by atoms with Crippen LogP contribution in [0.25, 0.3) is 10.4 Å². The number of hydrogen-bond donors (Lipinski definition) is 0. The maximum atomic E-state index is 11.6. The highest BCUT2D eigenvalue weighted by Crippen LogP contribution is 2.26. The average molecular weight is 205 g/mol. The third-order valence-electron chi connectivity index (χ3n) is 2.38. The van der Waals surface area contributed by atoms with Crippen molar-refractivity contribution in [2.75, 3.05) is 0 Å². The molecule has 1 rings (SSSR count). The van der Waals surface area contributed by atoms with Crippen LogP contribution in [0.4, 0.5) is 0 Å². The summed E-state index contributed by atoms with van der Waals surface area (Å²) in [5.74, 6) is 0.126. The first-order valence-corrected chi connectivity index (χ1v) is 5.09. The Balaban J connectivity index is 2.97. The van der Waals surface area contributed by atoms with Crippen LogP contribution in [0.3, 0.4) is 0 Å². The van der Waals surface area contributed by atoms with Gasteiger partial charge in [-0.05, 0) is 38.6 Å². The Kier molecular flexibility index (Phi) is 4.13. The van der Waals surface area contributed by atoms with Gasteiger partial charge in [0.1, 0.15) is 0 Å². The second-order valence-electron chi connectivity index (χ2n) is 3.88. The van der Waals surface area contributed by atoms with E-state index >= 15 is 0 Å². The molecule has 0 bridgehead atoms. The molecule has 0 atom stereocenters. The van der Waals surface area contributed by atoms with E-state index in [1.165, 1.54) is 5.57 Å². The van der Waals surface area contributed by atoms with E-state index < -0.39 is 0 Å². The minimum absolute atomic E-state index is 0.126. The number of hydrogen-bond acceptors (Lipinski definition) is 2. The number of rotatable bonds is 3. The molecule has 15 heavy (non-hydrogen) atoms. The van der Waals surface area contributed by atoms with Crippen LogP contribution in [-0.4, -0.2) is 5.78 Å². The van der Waals surface area contributed by atoms with Gasteiger partial charge in [-0.3, -0.25) is 4.79 Å². The van der Waals surface area contributed by atoms with E-state index in [1.807, 2.05) is 19.9 Å². The Labute approximate surface area is 89.3 Å². The van der Waals surface area contributed by atoms with Gasteiger partial charge in [0.05, 0.1) is 0 Å². The summed E-state index contributed by atoms with van der Waals surface area (Å²) in [6.45, 7) is 3.97. The summed E-state index contributed by atoms with van der Waals surface area (Å²) in [6, 6.07) is 0. The van der Waals surface area contributed by atoms with Crippen molar-refractivity contribution >= 4 is 5.78 Å². The van der Waals surface area contributed by atoms with Crippen molar-refractivity contribution in [1.82, 2.24) is 0 Å². The van der Waals surface area contributed by atoms with Crippen molar-refractivity contribution in [2.45, 2.75) is 39.5 Å². The maximum Gasteiger partial charge on any atom is 0.159 e. The number of Topliss-reactive ketones (excluding diaryl/α,β-unsaturated/α-hetero) is 1. The van der Waals surface area contributed by atoms with Crippen LogP contribution >= 0.6 is 0 Å². The molecule has 0 aliphatic heterocycles. The third-order valence-corrected chi connectivity index (χ3v) is 2.38. The molecule has 0 N–H and O–H groups in total. The molecule has 0 saturated carbocycles. The predicted octanol–water partition coefficient (Wildman–Crippen LogP) is 3.66. The molecule has 0 fully saturated rings. The standard InChI is InChI=1S/C11H15N3O/c1-8(2)6-7-9-10(13-14-12)4-3-5-11(9)15/h6H,3-5,7H2,1-2H3. The fourth-order valence-electron chi connectivity index (χ4n) is 1.58. The van der Waals surface area contributed by atoms with Gasteiger partial charge in [-0.2, -0.15) is 0 Å². The smallest absolute Gasteiger partial charge is 0.159 e. The van der Waals surface area contributed by atoms with Gasteiger partial charge in [0.15, 0.2) is 5.78 Å². The first-order chi connectivity index (χ1) is 7.15. The Hall–Kier alpha value is -1.54. The van der Waals surface area contributed by atoms with E-state index in [9.17, 15) is 4.79 Å². The summed E-state index contributed by atoms with van der Waals surface area (Å²) in [5.41, 5.74) is 10.9. The summed E-state index contributed by atoms with van der Waals surface area (Å²) in [7, 11) is 0. The van der Waals surface area contributed by atoms with E-state index in [4.69, 9.17) is 5.53 Å². The highest BCUT2D eigenvalue weighted by Gasteiger charge is 2.18. The molecule has 4 nitrogen and oxygen atoms in total. The number of allylic oxidation sites excluding steroid dienone is 4. The third kappa shape index (κ3) is 3.26. The predicted molar refractivity (Wildman–Crippen MR) is 59.1 cm³/mol. The molecule has 1 aliphatic carbocycles. The highest BCUT2D eigenvalue weighted by molar-refractivity contribution is 5.97. The lowest BCUT2D eigenvalue weighted by atomic mass is 9.92. The average Bonchev–Trinajstić information content (AvgIpc) is 2.17. The molecule has 0 aromatic rings. The van der Waals surface area contributed by atoms with Crippen LogP contribution < -0.4 is 0 Å². The topological polar surface area (TPSA) is 65.8 Å². The lowest BCUT2D eigenvalue weighted by Gasteiger charge is -2.14. The van der Waals surface area contributed by atoms with Gasteiger partial charge in [0, 0.05) is 22.6 Å². The fraction of sp³-hybridized carbons (Fsp3) is 0.545. The molecule has 0 unspecified atom stereocenters. The van der Waals surface area contributed by atoms with Gasteiger partial charge in [-0.1, -0.05) is 16.8 Å². The highest BCUT2D eigenvalue weighted by atomic mass is 16.1. The number of azide groups is 1. The van der Waals surface area contributed by atoms with E-state index in [2.05, 4.69) is 10.0 Å². The molecular formula is C11H15N3O. The van der Waals surface area contributed by atoms with Crippen molar-refractivity contribution in [3.63, 3.8) is 0 Å². The largest absolute Gasteiger partial charge is 0.295 e. The maximum absolute atomic E-state index is 11.6. The molecule has 4 heteroatoms. The molecule has 0 aromatic carbocycles. The summed E-state index contributed by atoms with van der Waals surface area (Å²) < 4.78 is 0. The lowest BCUT2D eigenvalue weighted by molar-refractivity contribution is -0.116. The first-order valence-electron chi connectivity index (χ1n) is 5.09. The van der Waals surface area contributed by atoms with Crippen LogP contribution in [0.2, 0.25) is 0 Å². The van der Waals surface area contributed by atoms with Crippen molar-refractivity contribution in [1.29, 1.82) is 0 Å². The Morgan fingerprint density at radius 1 is 1.53 bits per heavy atom. The zero-order valence-electron chi connectivity index (χ0n) is 9.16. The Morgan fingerprint density at radius 2 is 2.27 bits per heavy atom. The molecule has 0 radical (unpaired) electrons. The van der Waals surface area contributed by atoms with E-state index in [0.29, 0.717) is 24.1 Å². The van der Waals surface area contributed by atoms with Gasteiger partial charge >= 0.3 is 0 Å². The van der Waals surface area contributed by atoms with Gasteiger partial charge in [0.2, 0.25) is 0 Å². The molecule has 0 spiro atoms. The van der Waals surface area contributed by atoms with Crippen molar-refractivity contribution in [2.24, 2.45) is 5.11 Å². The van der Waals surface area contributed by atoms with Crippen LogP contribution in [0.5, 0.6) is 0 Å². The summed E-state index contributed by atoms with van der Waals surface area (Å²) in [6.07, 6.45) is 4.69. The quantitative estimate of drug-likeness (QED) is 0.300. The van der Waals surface area contributed by atoms with Crippen molar-refractivity contribution < 1.29 is 4.79 Å². The molecule has 0 amide bonds. The number of carbonyl (C=O) groups is 1. The van der Waals surface area contributed by atoms with Gasteiger partial charge in [-0.15, -0.1) is 0 Å². The first kappa shape index (κ1) is 11.5. The summed E-state index contributed by atoms with van der Waals surface area (Å²) >= 11 is 0. The SMILES string of the molecule is CC(C)=CCC1=C(N=[N+]=[N-])CCCC1=O. The normalized spacial score (nSPS) is 16.0. The Bertz CT molecular complexity index is 369. The van der Waals surface area contributed by atoms with E-state index in [1.54, 1.807) is 0 Å². The number of ketones is 1. The molecule has 80 valence electrons. The van der Waals surface area contributed by atoms with Gasteiger partial charge in [0.25, 0.3) is 0 Å². The summed E-state index contributed by atoms with van der Waals surface area (Å²) in [5, 5.41) is 3.60. The van der Waals surface area contributed by atoms with Crippen LogP contribution in [0.1, 0.15) is 39.5 Å². The van der Waals surface area contributed by atoms with Crippen molar-refractivity contribution in [3.05, 3.63) is 33.4 Å². The van der Waals surface area contributed by atoms with E-state index in [0.717, 1.165) is 12.8 Å². The zero-order chi connectivity index (χ0) is 11.3. The van der Waals surface area contributed by atoms with Gasteiger partial charge in [-0.25, -0.2) is 0 Å². The number of carbonyl (C=O) groups excluding carboxylic acids is 1. The van der Waals surface area contributed by atoms with Gasteiger partial charge < -0.3 is 0 Å². The van der Waals surface area contributed by atoms with Crippen LogP contribution in [0, 0.1) is 0 Å². The minimum Gasteiger partial charge on any atom is -0.295 e. The molecule has 0 heterocycles. The second kappa shape index (κ2) is 5.37. The van der Waals surface area contributed by atoms with Crippen molar-refractivity contribution in [3.8, 4) is 0 Å². The van der Waals surface area contributed by atoms with Crippen LogP contribution in [0.15, 0.2) is 28.0 Å². The minimum atomic E-state index is 0.126. The monoisotopic (exact) mass is 205 g/mol. The number of nitrogens with zero attached hydrogens (tertiary/aromatic N) is 3. The lowest BCUT2D eigenvalue weighted by Crippen LogP contribution is -2.10. The Morgan fingerprint density at radius 3 is 2.87 bits per heavy atom. The molecule has 1 aliphatic rings. The molecule has 0 saturated heterocycles.